The topological polar surface area (TPSA) is 38.9 Å². The van der Waals surface area contributed by atoms with E-state index in [2.05, 4.69) is 54.4 Å². The second kappa shape index (κ2) is 4.52. The lowest BCUT2D eigenvalue weighted by atomic mass is 10.1. The second-order valence-corrected chi connectivity index (χ2v) is 5.42. The number of aromatic nitrogens is 1. The van der Waals surface area contributed by atoms with Gasteiger partial charge in [-0.3, -0.25) is 0 Å². The van der Waals surface area contributed by atoms with E-state index < -0.39 is 0 Å². The lowest BCUT2D eigenvalue weighted by Crippen LogP contribution is -1.94. The van der Waals surface area contributed by atoms with Crippen LogP contribution in [0.4, 0.5) is 0 Å². The fourth-order valence-corrected chi connectivity index (χ4v) is 2.90. The molecule has 1 heterocycles. The Labute approximate surface area is 110 Å². The predicted octanol–water partition coefficient (Wildman–Crippen LogP) is 3.73. The van der Waals surface area contributed by atoms with Gasteiger partial charge in [0, 0.05) is 12.1 Å². The van der Waals surface area contributed by atoms with Gasteiger partial charge >= 0.3 is 0 Å². The average molecular weight is 254 g/mol. The van der Waals surface area contributed by atoms with Crippen molar-refractivity contribution in [1.82, 2.24) is 4.98 Å². The van der Waals surface area contributed by atoms with E-state index in [1.54, 1.807) is 11.3 Å². The van der Waals surface area contributed by atoms with Crippen molar-refractivity contribution in [2.24, 2.45) is 5.73 Å². The van der Waals surface area contributed by atoms with Gasteiger partial charge in [-0.2, -0.15) is 0 Å². The van der Waals surface area contributed by atoms with Crippen LogP contribution in [0.2, 0.25) is 0 Å². The number of aryl methyl sites for hydroxylation is 1. The second-order valence-electron chi connectivity index (χ2n) is 4.39. The Morgan fingerprint density at radius 1 is 1.11 bits per heavy atom. The SMILES string of the molecule is Cc1ccc2sc(-c3ccc(CN)cc3)nc2c1. The first-order chi connectivity index (χ1) is 8.76. The number of benzene rings is 2. The first-order valence-electron chi connectivity index (χ1n) is 5.93. The van der Waals surface area contributed by atoms with E-state index in [0.717, 1.165) is 21.7 Å². The van der Waals surface area contributed by atoms with Gasteiger partial charge in [0.25, 0.3) is 0 Å². The molecule has 90 valence electrons. The molecule has 0 amide bonds. The maximum atomic E-state index is 5.60. The van der Waals surface area contributed by atoms with E-state index in [0.29, 0.717) is 6.54 Å². The summed E-state index contributed by atoms with van der Waals surface area (Å²) in [7, 11) is 0. The first kappa shape index (κ1) is 11.4. The highest BCUT2D eigenvalue weighted by Gasteiger charge is 2.06. The van der Waals surface area contributed by atoms with Gasteiger partial charge in [-0.15, -0.1) is 11.3 Å². The Bertz CT molecular complexity index is 683. The molecule has 1 aromatic heterocycles. The number of nitrogens with zero attached hydrogens (tertiary/aromatic N) is 1. The fraction of sp³-hybridized carbons (Fsp3) is 0.133. The lowest BCUT2D eigenvalue weighted by molar-refractivity contribution is 1.07. The highest BCUT2D eigenvalue weighted by atomic mass is 32.1. The van der Waals surface area contributed by atoms with Gasteiger partial charge in [0.05, 0.1) is 10.2 Å². The minimum Gasteiger partial charge on any atom is -0.326 e. The average Bonchev–Trinajstić information content (AvgIpc) is 2.81. The molecule has 2 N–H and O–H groups in total. The van der Waals surface area contributed by atoms with Gasteiger partial charge in [-0.1, -0.05) is 30.3 Å². The summed E-state index contributed by atoms with van der Waals surface area (Å²) in [4.78, 5) is 4.69. The molecule has 0 saturated heterocycles. The molecule has 18 heavy (non-hydrogen) atoms. The van der Waals surface area contributed by atoms with Gasteiger partial charge < -0.3 is 5.73 Å². The van der Waals surface area contributed by atoms with Crippen LogP contribution in [0.15, 0.2) is 42.5 Å². The maximum Gasteiger partial charge on any atom is 0.124 e. The molecule has 2 aromatic carbocycles. The number of thiazole rings is 1. The molecule has 0 aliphatic carbocycles. The summed E-state index contributed by atoms with van der Waals surface area (Å²) in [6.07, 6.45) is 0. The molecular formula is C15H14N2S. The van der Waals surface area contributed by atoms with E-state index in [1.807, 2.05) is 0 Å². The number of hydrogen-bond donors (Lipinski definition) is 1. The third kappa shape index (κ3) is 2.03. The van der Waals surface area contributed by atoms with E-state index in [9.17, 15) is 0 Å². The van der Waals surface area contributed by atoms with Gasteiger partial charge in [-0.25, -0.2) is 4.98 Å². The molecule has 0 aliphatic heterocycles. The molecule has 3 aromatic rings. The van der Waals surface area contributed by atoms with Crippen LogP contribution in [0.5, 0.6) is 0 Å². The van der Waals surface area contributed by atoms with E-state index in [-0.39, 0.29) is 0 Å². The Balaban J connectivity index is 2.07. The van der Waals surface area contributed by atoms with Crippen LogP contribution >= 0.6 is 11.3 Å². The molecule has 3 heteroatoms. The molecule has 0 atom stereocenters. The van der Waals surface area contributed by atoms with Gasteiger partial charge in [0.15, 0.2) is 0 Å². The largest absolute Gasteiger partial charge is 0.326 e. The highest BCUT2D eigenvalue weighted by molar-refractivity contribution is 7.21. The standard InChI is InChI=1S/C15H14N2S/c1-10-2-7-14-13(8-10)17-15(18-14)12-5-3-11(9-16)4-6-12/h2-8H,9,16H2,1H3. The highest BCUT2D eigenvalue weighted by Crippen LogP contribution is 2.30. The van der Waals surface area contributed by atoms with Crippen LogP contribution in [0, 0.1) is 6.92 Å². The number of fused-ring (bicyclic) bond motifs is 1. The Morgan fingerprint density at radius 3 is 2.61 bits per heavy atom. The zero-order valence-electron chi connectivity index (χ0n) is 10.2. The molecule has 0 fully saturated rings. The molecule has 0 aliphatic rings. The van der Waals surface area contributed by atoms with Crippen molar-refractivity contribution in [2.75, 3.05) is 0 Å². The van der Waals surface area contributed by atoms with Crippen LogP contribution in [-0.2, 0) is 6.54 Å². The van der Waals surface area contributed by atoms with Crippen molar-refractivity contribution in [2.45, 2.75) is 13.5 Å². The Hall–Kier alpha value is -1.71. The van der Waals surface area contributed by atoms with Crippen molar-refractivity contribution in [3.05, 3.63) is 53.6 Å². The van der Waals surface area contributed by atoms with Gasteiger partial charge in [0.2, 0.25) is 0 Å². The van der Waals surface area contributed by atoms with Crippen molar-refractivity contribution in [3.63, 3.8) is 0 Å². The van der Waals surface area contributed by atoms with Crippen LogP contribution in [0.1, 0.15) is 11.1 Å². The number of nitrogens with two attached hydrogens (primary N) is 1. The summed E-state index contributed by atoms with van der Waals surface area (Å²) in [5.41, 5.74) is 10.2. The molecule has 0 bridgehead atoms. The fourth-order valence-electron chi connectivity index (χ4n) is 1.94. The zero-order chi connectivity index (χ0) is 12.5. The first-order valence-corrected chi connectivity index (χ1v) is 6.74. The molecule has 0 saturated carbocycles. The van der Waals surface area contributed by atoms with Crippen molar-refractivity contribution >= 4 is 21.6 Å². The minimum absolute atomic E-state index is 0.583. The summed E-state index contributed by atoms with van der Waals surface area (Å²) >= 11 is 1.73. The minimum atomic E-state index is 0.583. The van der Waals surface area contributed by atoms with Crippen LogP contribution in [-0.4, -0.2) is 4.98 Å². The summed E-state index contributed by atoms with van der Waals surface area (Å²) in [6, 6.07) is 14.7. The normalized spacial score (nSPS) is 11.0. The molecule has 3 rings (SSSR count). The molecule has 0 unspecified atom stereocenters. The summed E-state index contributed by atoms with van der Waals surface area (Å²) in [5.74, 6) is 0. The summed E-state index contributed by atoms with van der Waals surface area (Å²) in [6.45, 7) is 2.67. The monoisotopic (exact) mass is 254 g/mol. The number of rotatable bonds is 2. The molecule has 2 nitrogen and oxygen atoms in total. The van der Waals surface area contributed by atoms with Crippen molar-refractivity contribution in [1.29, 1.82) is 0 Å². The third-order valence-corrected chi connectivity index (χ3v) is 4.07. The third-order valence-electron chi connectivity index (χ3n) is 2.98. The van der Waals surface area contributed by atoms with E-state index in [4.69, 9.17) is 5.73 Å². The number of hydrogen-bond acceptors (Lipinski definition) is 3. The Kier molecular flexibility index (Phi) is 2.86. The molecular weight excluding hydrogens is 240 g/mol. The predicted molar refractivity (Wildman–Crippen MR) is 77.7 cm³/mol. The van der Waals surface area contributed by atoms with Crippen molar-refractivity contribution in [3.8, 4) is 10.6 Å². The van der Waals surface area contributed by atoms with Crippen LogP contribution in [0.3, 0.4) is 0 Å². The van der Waals surface area contributed by atoms with E-state index in [1.165, 1.54) is 10.3 Å². The summed E-state index contributed by atoms with van der Waals surface area (Å²) in [5, 5.41) is 1.07. The van der Waals surface area contributed by atoms with Crippen LogP contribution in [0.25, 0.3) is 20.8 Å². The molecule has 0 spiro atoms. The lowest BCUT2D eigenvalue weighted by Gasteiger charge is -1.98. The van der Waals surface area contributed by atoms with Gasteiger partial charge in [-0.05, 0) is 30.2 Å². The smallest absolute Gasteiger partial charge is 0.124 e. The maximum absolute atomic E-state index is 5.60. The zero-order valence-corrected chi connectivity index (χ0v) is 11.0. The van der Waals surface area contributed by atoms with Crippen molar-refractivity contribution < 1.29 is 0 Å². The summed E-state index contributed by atoms with van der Waals surface area (Å²) < 4.78 is 1.23. The van der Waals surface area contributed by atoms with E-state index >= 15 is 0 Å². The quantitative estimate of drug-likeness (QED) is 0.756. The van der Waals surface area contributed by atoms with Crippen LogP contribution < -0.4 is 5.73 Å². The molecule has 0 radical (unpaired) electrons. The van der Waals surface area contributed by atoms with Gasteiger partial charge in [0.1, 0.15) is 5.01 Å². The Morgan fingerprint density at radius 2 is 1.89 bits per heavy atom.